The maximum Gasteiger partial charge on any atom is 0.407 e. The molecule has 0 rings (SSSR count). The summed E-state index contributed by atoms with van der Waals surface area (Å²) in [5.74, 6) is -0.900. The zero-order valence-electron chi connectivity index (χ0n) is 5.59. The van der Waals surface area contributed by atoms with Crippen molar-refractivity contribution < 1.29 is 43.9 Å². The van der Waals surface area contributed by atoms with Gasteiger partial charge in [-0.2, -0.15) is 8.42 Å². The third-order valence-electron chi connectivity index (χ3n) is 0.683. The first kappa shape index (κ1) is 13.5. The van der Waals surface area contributed by atoms with Crippen molar-refractivity contribution in [3.8, 4) is 0 Å². The first-order chi connectivity index (χ1) is 4.33. The van der Waals surface area contributed by atoms with Crippen LogP contribution in [-0.2, 0) is 31.2 Å². The predicted octanol–water partition coefficient (Wildman–Crippen LogP) is -0.561. The van der Waals surface area contributed by atoms with E-state index in [0.717, 1.165) is 7.05 Å². The summed E-state index contributed by atoms with van der Waals surface area (Å²) in [7, 11) is -3.19. The molecule has 0 aliphatic rings. The Morgan fingerprint density at radius 3 is 2.00 bits per heavy atom. The molecule has 0 radical (unpaired) electrons. The Morgan fingerprint density at radius 1 is 1.55 bits per heavy atom. The van der Waals surface area contributed by atoms with Crippen LogP contribution in [0.1, 0.15) is 0 Å². The number of hydrogen-bond donors (Lipinski definition) is 2. The van der Waals surface area contributed by atoms with Gasteiger partial charge in [0.05, 0.1) is 0 Å². The minimum absolute atomic E-state index is 0. The van der Waals surface area contributed by atoms with E-state index in [4.69, 9.17) is 9.66 Å². The van der Waals surface area contributed by atoms with Crippen molar-refractivity contribution in [3.05, 3.63) is 0 Å². The average Bonchev–Trinajstić information content (AvgIpc) is 1.60. The summed E-state index contributed by atoms with van der Waals surface area (Å²) < 4.78 is 28.1. The largest absolute Gasteiger partial charge is 0.465 e. The van der Waals surface area contributed by atoms with Crippen molar-refractivity contribution >= 4 is 16.2 Å². The first-order valence-corrected chi connectivity index (χ1v) is 3.83. The topological polar surface area (TPSA) is 94.9 Å². The van der Waals surface area contributed by atoms with Crippen LogP contribution in [0, 0.1) is 0 Å². The molecule has 6 nitrogen and oxygen atoms in total. The van der Waals surface area contributed by atoms with E-state index in [1.54, 1.807) is 0 Å². The average molecular weight is 265 g/mol. The van der Waals surface area contributed by atoms with E-state index in [0.29, 0.717) is 4.90 Å². The Balaban J connectivity index is 0. The molecule has 0 aromatic carbocycles. The minimum Gasteiger partial charge on any atom is -0.465 e. The van der Waals surface area contributed by atoms with Crippen LogP contribution in [0.15, 0.2) is 0 Å². The molecule has 11 heavy (non-hydrogen) atoms. The number of amides is 1. The van der Waals surface area contributed by atoms with Crippen LogP contribution in [0.4, 0.5) is 4.79 Å². The van der Waals surface area contributed by atoms with E-state index in [-0.39, 0.29) is 21.1 Å². The van der Waals surface area contributed by atoms with Gasteiger partial charge in [0.2, 0.25) is 0 Å². The van der Waals surface area contributed by atoms with E-state index in [1.807, 2.05) is 0 Å². The van der Waals surface area contributed by atoms with Crippen LogP contribution in [0.2, 0.25) is 0 Å². The van der Waals surface area contributed by atoms with Crippen molar-refractivity contribution in [1.29, 1.82) is 0 Å². The van der Waals surface area contributed by atoms with Gasteiger partial charge in [-0.25, -0.2) is 4.79 Å². The van der Waals surface area contributed by atoms with Gasteiger partial charge >= 0.3 is 6.09 Å². The van der Waals surface area contributed by atoms with Gasteiger partial charge < -0.3 is 5.11 Å². The number of rotatable bonds is 2. The Labute approximate surface area is 78.2 Å². The molecule has 0 atom stereocenters. The van der Waals surface area contributed by atoms with Gasteiger partial charge in [-0.15, -0.1) is 0 Å². The molecule has 2 N–H and O–H groups in total. The Kier molecular flexibility index (Phi) is 5.73. The van der Waals surface area contributed by atoms with Crippen LogP contribution < -0.4 is 0 Å². The predicted molar refractivity (Wildman–Crippen MR) is 32.2 cm³/mol. The van der Waals surface area contributed by atoms with Gasteiger partial charge in [0.25, 0.3) is 10.1 Å². The fourth-order valence-corrected chi connectivity index (χ4v) is 0.900. The molecule has 0 saturated heterocycles. The SMILES string of the molecule is CN(CS(=O)(=O)O)C(=O)O.[Mo]. The third kappa shape index (κ3) is 7.77. The summed E-state index contributed by atoms with van der Waals surface area (Å²) >= 11 is 0. The molecular formula is C3H7MoNO5S. The first-order valence-electron chi connectivity index (χ1n) is 2.22. The fourth-order valence-electron chi connectivity index (χ4n) is 0.300. The third-order valence-corrected chi connectivity index (χ3v) is 1.40. The van der Waals surface area contributed by atoms with Gasteiger partial charge in [0, 0.05) is 28.1 Å². The molecule has 0 heterocycles. The monoisotopic (exact) mass is 267 g/mol. The van der Waals surface area contributed by atoms with Crippen LogP contribution in [-0.4, -0.2) is 42.0 Å². The minimum atomic E-state index is -4.22. The Morgan fingerprint density at radius 2 is 1.91 bits per heavy atom. The van der Waals surface area contributed by atoms with Crippen molar-refractivity contribution in [1.82, 2.24) is 4.90 Å². The van der Waals surface area contributed by atoms with Crippen molar-refractivity contribution in [3.63, 3.8) is 0 Å². The Bertz CT molecular complexity index is 224. The summed E-state index contributed by atoms with van der Waals surface area (Å²) in [6, 6.07) is 0. The summed E-state index contributed by atoms with van der Waals surface area (Å²) in [6.45, 7) is 0. The van der Waals surface area contributed by atoms with Crippen LogP contribution in [0.3, 0.4) is 0 Å². The second-order valence-corrected chi connectivity index (χ2v) is 3.11. The molecule has 1 amide bonds. The standard InChI is InChI=1S/C3H7NO5S.Mo/c1-4(3(5)6)2-10(7,8)9;/h2H2,1H3,(H,5,6)(H,7,8,9);. The van der Waals surface area contributed by atoms with Crippen molar-refractivity contribution in [2.75, 3.05) is 12.9 Å². The van der Waals surface area contributed by atoms with Gasteiger partial charge in [-0.1, -0.05) is 0 Å². The molecule has 0 unspecified atom stereocenters. The quantitative estimate of drug-likeness (QED) is 0.515. The molecule has 0 aromatic heterocycles. The second kappa shape index (κ2) is 4.69. The maximum absolute atomic E-state index is 10.00. The van der Waals surface area contributed by atoms with E-state index in [1.165, 1.54) is 0 Å². The molecule has 0 aliphatic heterocycles. The Hall–Kier alpha value is -0.132. The van der Waals surface area contributed by atoms with Crippen molar-refractivity contribution in [2.45, 2.75) is 0 Å². The van der Waals surface area contributed by atoms with Gasteiger partial charge in [-0.3, -0.25) is 9.45 Å². The number of carboxylic acid groups (broad SMARTS) is 1. The summed E-state index contributed by atoms with van der Waals surface area (Å²) in [5.41, 5.74) is 0. The van der Waals surface area contributed by atoms with Crippen LogP contribution in [0.5, 0.6) is 0 Å². The van der Waals surface area contributed by atoms with Gasteiger partial charge in [0.15, 0.2) is 5.88 Å². The summed E-state index contributed by atoms with van der Waals surface area (Å²) in [6.07, 6.45) is -1.40. The van der Waals surface area contributed by atoms with Crippen molar-refractivity contribution in [2.24, 2.45) is 0 Å². The summed E-state index contributed by atoms with van der Waals surface area (Å²) in [5, 5.41) is 8.10. The van der Waals surface area contributed by atoms with E-state index >= 15 is 0 Å². The van der Waals surface area contributed by atoms with Gasteiger partial charge in [-0.05, 0) is 0 Å². The molecule has 0 aromatic rings. The number of carbonyl (C=O) groups is 1. The van der Waals surface area contributed by atoms with E-state index < -0.39 is 22.1 Å². The van der Waals surface area contributed by atoms with Crippen LogP contribution >= 0.6 is 0 Å². The zero-order valence-corrected chi connectivity index (χ0v) is 8.41. The normalized spacial score (nSPS) is 10.0. The smallest absolute Gasteiger partial charge is 0.407 e. The second-order valence-electron chi connectivity index (χ2n) is 1.69. The molecule has 0 fully saturated rings. The van der Waals surface area contributed by atoms with E-state index in [2.05, 4.69) is 0 Å². The van der Waals surface area contributed by atoms with E-state index in [9.17, 15) is 13.2 Å². The summed E-state index contributed by atoms with van der Waals surface area (Å²) in [4.78, 5) is 10.4. The zero-order chi connectivity index (χ0) is 8.36. The molecule has 0 spiro atoms. The fraction of sp³-hybridized carbons (Fsp3) is 0.667. The number of hydrogen-bond acceptors (Lipinski definition) is 3. The molecule has 8 heteroatoms. The maximum atomic E-state index is 10.00. The van der Waals surface area contributed by atoms with Gasteiger partial charge in [0.1, 0.15) is 0 Å². The van der Waals surface area contributed by atoms with Crippen LogP contribution in [0.25, 0.3) is 0 Å². The number of nitrogens with zero attached hydrogens (tertiary/aromatic N) is 1. The molecular weight excluding hydrogens is 258 g/mol. The molecule has 0 aliphatic carbocycles. The molecule has 0 saturated carbocycles. The molecule has 0 bridgehead atoms. The molecule has 66 valence electrons.